The van der Waals surface area contributed by atoms with Crippen LogP contribution in [0.4, 0.5) is 4.79 Å². The van der Waals surface area contributed by atoms with E-state index in [1.807, 2.05) is 6.07 Å². The minimum absolute atomic E-state index is 0.179. The number of nitrogens with one attached hydrogen (secondary N) is 2. The van der Waals surface area contributed by atoms with Gasteiger partial charge in [-0.1, -0.05) is 11.6 Å². The zero-order chi connectivity index (χ0) is 22.8. The van der Waals surface area contributed by atoms with Crippen molar-refractivity contribution in [1.82, 2.24) is 20.4 Å². The number of thiophene rings is 2. The zero-order valence-electron chi connectivity index (χ0n) is 17.9. The first-order valence-electron chi connectivity index (χ1n) is 10.4. The molecular weight excluding hydrogens is 472 g/mol. The topological polar surface area (TPSA) is 91.0 Å². The molecule has 32 heavy (non-hydrogen) atoms. The van der Waals surface area contributed by atoms with Gasteiger partial charge in [0.25, 0.3) is 11.8 Å². The second-order valence-electron chi connectivity index (χ2n) is 7.94. The van der Waals surface area contributed by atoms with Gasteiger partial charge in [0, 0.05) is 38.0 Å². The Morgan fingerprint density at radius 3 is 2.66 bits per heavy atom. The van der Waals surface area contributed by atoms with Crippen molar-refractivity contribution in [3.05, 3.63) is 42.7 Å². The highest BCUT2D eigenvalue weighted by Gasteiger charge is 2.39. The Balaban J connectivity index is 1.49. The van der Waals surface area contributed by atoms with E-state index in [4.69, 9.17) is 16.3 Å². The Labute approximate surface area is 199 Å². The van der Waals surface area contributed by atoms with Crippen LogP contribution >= 0.6 is 34.3 Å². The summed E-state index contributed by atoms with van der Waals surface area (Å²) in [5.41, 5.74) is 1.21. The van der Waals surface area contributed by atoms with Gasteiger partial charge >= 0.3 is 6.09 Å². The highest BCUT2D eigenvalue weighted by molar-refractivity contribution is 7.18. The number of ether oxygens (including phenoxy) is 1. The molecule has 0 radical (unpaired) electrons. The maximum atomic E-state index is 13.4. The van der Waals surface area contributed by atoms with Gasteiger partial charge in [-0.05, 0) is 43.7 Å². The Bertz CT molecular complexity index is 998. The molecule has 1 saturated heterocycles. The average Bonchev–Trinajstić information content (AvgIpc) is 3.46. The molecule has 3 amide bonds. The molecule has 0 saturated carbocycles. The summed E-state index contributed by atoms with van der Waals surface area (Å²) >= 11 is 8.63. The molecule has 4 heterocycles. The number of alkyl carbamates (subject to hydrolysis) is 1. The molecule has 0 aliphatic carbocycles. The van der Waals surface area contributed by atoms with E-state index in [1.165, 1.54) is 40.2 Å². The number of likely N-dealkylation sites (N-methyl/N-ethyl adjacent to an activating group) is 1. The van der Waals surface area contributed by atoms with Crippen LogP contribution in [0.5, 0.6) is 0 Å². The third-order valence-corrected chi connectivity index (χ3v) is 8.14. The lowest BCUT2D eigenvalue weighted by molar-refractivity contribution is 0.0152. The lowest BCUT2D eigenvalue weighted by atomic mass is 10.1. The average molecular weight is 497 g/mol. The van der Waals surface area contributed by atoms with Crippen molar-refractivity contribution in [3.8, 4) is 0 Å². The summed E-state index contributed by atoms with van der Waals surface area (Å²) in [5.74, 6) is -0.437. The molecule has 0 bridgehead atoms. The van der Waals surface area contributed by atoms with Gasteiger partial charge in [-0.15, -0.1) is 22.7 Å². The fourth-order valence-electron chi connectivity index (χ4n) is 3.96. The molecule has 2 aromatic rings. The second kappa shape index (κ2) is 9.78. The zero-order valence-corrected chi connectivity index (χ0v) is 20.2. The first-order chi connectivity index (χ1) is 15.3. The molecule has 0 unspecified atom stereocenters. The Morgan fingerprint density at radius 2 is 1.94 bits per heavy atom. The summed E-state index contributed by atoms with van der Waals surface area (Å²) in [6, 6.07) is 4.96. The van der Waals surface area contributed by atoms with Crippen LogP contribution in [0.3, 0.4) is 0 Å². The fourth-order valence-corrected chi connectivity index (χ4v) is 6.06. The molecule has 8 nitrogen and oxygen atoms in total. The van der Waals surface area contributed by atoms with Crippen LogP contribution in [-0.4, -0.2) is 73.7 Å². The molecule has 2 aliphatic rings. The Hall–Kier alpha value is -2.14. The maximum Gasteiger partial charge on any atom is 0.408 e. The minimum atomic E-state index is -0.757. The van der Waals surface area contributed by atoms with Crippen LogP contribution in [0.2, 0.25) is 4.34 Å². The van der Waals surface area contributed by atoms with Gasteiger partial charge in [0.15, 0.2) is 6.23 Å². The van der Waals surface area contributed by atoms with Crippen molar-refractivity contribution in [3.63, 3.8) is 0 Å². The standard InChI is InChI=1S/C21H25ClN4O4S2/c1-23-21(29)30-18-10-13(24-19(27)15-3-4-17(22)32-15)11-26(18)20(28)16-9-12-5-7-25(2)8-6-14(12)31-16/h3-4,9,13,18H,5-8,10-11H2,1-2H3,(H,23,29)(H,24,27)/t13-,18+/m1/s1. The van der Waals surface area contributed by atoms with Crippen molar-refractivity contribution in [1.29, 1.82) is 0 Å². The van der Waals surface area contributed by atoms with E-state index in [9.17, 15) is 14.4 Å². The fraction of sp³-hybridized carbons (Fsp3) is 0.476. The van der Waals surface area contributed by atoms with Crippen LogP contribution in [0, 0.1) is 0 Å². The summed E-state index contributed by atoms with van der Waals surface area (Å²) < 4.78 is 5.99. The highest BCUT2D eigenvalue weighted by Crippen LogP contribution is 2.30. The molecule has 4 rings (SSSR count). The smallest absolute Gasteiger partial charge is 0.408 e. The molecule has 2 aromatic heterocycles. The van der Waals surface area contributed by atoms with E-state index in [0.29, 0.717) is 20.5 Å². The number of amides is 3. The van der Waals surface area contributed by atoms with Crippen molar-refractivity contribution in [2.75, 3.05) is 33.7 Å². The summed E-state index contributed by atoms with van der Waals surface area (Å²) in [6.45, 7) is 2.19. The molecule has 0 aromatic carbocycles. The van der Waals surface area contributed by atoms with Gasteiger partial charge in [0.2, 0.25) is 0 Å². The summed E-state index contributed by atoms with van der Waals surface area (Å²) in [7, 11) is 3.57. The molecule has 1 fully saturated rings. The van der Waals surface area contributed by atoms with E-state index in [2.05, 4.69) is 22.6 Å². The Morgan fingerprint density at radius 1 is 1.16 bits per heavy atom. The van der Waals surface area contributed by atoms with Crippen molar-refractivity contribution < 1.29 is 19.1 Å². The van der Waals surface area contributed by atoms with E-state index in [1.54, 1.807) is 17.0 Å². The van der Waals surface area contributed by atoms with Gasteiger partial charge in [0.1, 0.15) is 0 Å². The molecule has 2 aliphatic heterocycles. The number of halogens is 1. The van der Waals surface area contributed by atoms with Crippen LogP contribution in [0.15, 0.2) is 18.2 Å². The molecule has 2 atom stereocenters. The lowest BCUT2D eigenvalue weighted by Gasteiger charge is -2.23. The highest BCUT2D eigenvalue weighted by atomic mass is 35.5. The molecule has 172 valence electrons. The monoisotopic (exact) mass is 496 g/mol. The predicted molar refractivity (Wildman–Crippen MR) is 125 cm³/mol. The van der Waals surface area contributed by atoms with Crippen molar-refractivity contribution in [2.24, 2.45) is 0 Å². The quantitative estimate of drug-likeness (QED) is 0.679. The number of hydrogen-bond donors (Lipinski definition) is 2. The molecular formula is C21H25ClN4O4S2. The van der Waals surface area contributed by atoms with E-state index in [0.717, 1.165) is 25.9 Å². The number of carbonyl (C=O) groups is 3. The lowest BCUT2D eigenvalue weighted by Crippen LogP contribution is -2.41. The van der Waals surface area contributed by atoms with E-state index in [-0.39, 0.29) is 24.4 Å². The minimum Gasteiger partial charge on any atom is -0.425 e. The largest absolute Gasteiger partial charge is 0.425 e. The first-order valence-corrected chi connectivity index (χ1v) is 12.4. The number of nitrogens with zero attached hydrogens (tertiary/aromatic N) is 2. The van der Waals surface area contributed by atoms with Gasteiger partial charge in [-0.2, -0.15) is 0 Å². The molecule has 2 N–H and O–H groups in total. The molecule has 0 spiro atoms. The summed E-state index contributed by atoms with van der Waals surface area (Å²) in [6.07, 6.45) is 0.780. The SMILES string of the molecule is CNC(=O)O[C@H]1C[C@@H](NC(=O)c2ccc(Cl)s2)CN1C(=O)c1cc2c(s1)CCN(C)CC2. The predicted octanol–water partition coefficient (Wildman–Crippen LogP) is 2.82. The summed E-state index contributed by atoms with van der Waals surface area (Å²) in [4.78, 5) is 44.0. The van der Waals surface area contributed by atoms with Gasteiger partial charge in [-0.25, -0.2) is 4.79 Å². The van der Waals surface area contributed by atoms with Crippen LogP contribution in [0.1, 0.15) is 36.2 Å². The van der Waals surface area contributed by atoms with E-state index >= 15 is 0 Å². The van der Waals surface area contributed by atoms with Crippen LogP contribution < -0.4 is 10.6 Å². The number of likely N-dealkylation sites (tertiary alicyclic amines) is 1. The number of fused-ring (bicyclic) bond motifs is 1. The normalized spacial score (nSPS) is 21.0. The second-order valence-corrected chi connectivity index (χ2v) is 10.8. The number of hydrogen-bond acceptors (Lipinski definition) is 7. The molecule has 11 heteroatoms. The van der Waals surface area contributed by atoms with Crippen LogP contribution in [-0.2, 0) is 17.6 Å². The maximum absolute atomic E-state index is 13.4. The number of carbonyl (C=O) groups excluding carboxylic acids is 3. The summed E-state index contributed by atoms with van der Waals surface area (Å²) in [5, 5.41) is 5.36. The van der Waals surface area contributed by atoms with Crippen molar-refractivity contribution in [2.45, 2.75) is 31.5 Å². The first kappa shape index (κ1) is 23.0. The van der Waals surface area contributed by atoms with Gasteiger partial charge in [0.05, 0.1) is 20.1 Å². The number of rotatable bonds is 4. The third-order valence-electron chi connectivity index (χ3n) is 5.68. The van der Waals surface area contributed by atoms with Crippen LogP contribution in [0.25, 0.3) is 0 Å². The van der Waals surface area contributed by atoms with Gasteiger partial charge in [-0.3, -0.25) is 14.5 Å². The van der Waals surface area contributed by atoms with Crippen molar-refractivity contribution >= 4 is 52.2 Å². The van der Waals surface area contributed by atoms with E-state index < -0.39 is 12.3 Å². The van der Waals surface area contributed by atoms with Gasteiger partial charge < -0.3 is 20.3 Å². The third kappa shape index (κ3) is 5.09. The Kier molecular flexibility index (Phi) is 7.04.